The van der Waals surface area contributed by atoms with E-state index in [0.717, 1.165) is 13.1 Å². The molecule has 0 spiro atoms. The van der Waals surface area contributed by atoms with Crippen molar-refractivity contribution in [3.63, 3.8) is 0 Å². The Bertz CT molecular complexity index is 443. The lowest BCUT2D eigenvalue weighted by molar-refractivity contribution is -0.137. The predicted octanol–water partition coefficient (Wildman–Crippen LogP) is 2.76. The molecule has 0 saturated carbocycles. The summed E-state index contributed by atoms with van der Waals surface area (Å²) in [4.78, 5) is 2.18. The van der Waals surface area contributed by atoms with Crippen molar-refractivity contribution in [1.82, 2.24) is 4.90 Å². The van der Waals surface area contributed by atoms with Crippen molar-refractivity contribution in [2.24, 2.45) is 0 Å². The van der Waals surface area contributed by atoms with Crippen molar-refractivity contribution in [2.75, 3.05) is 44.7 Å². The van der Waals surface area contributed by atoms with Crippen LogP contribution >= 0.6 is 0 Å². The van der Waals surface area contributed by atoms with Gasteiger partial charge in [-0.25, -0.2) is 0 Å². The third-order valence-electron chi connectivity index (χ3n) is 3.33. The Morgan fingerprint density at radius 1 is 1.25 bits per heavy atom. The first-order chi connectivity index (χ1) is 9.47. The normalized spacial score (nSPS) is 17.2. The summed E-state index contributed by atoms with van der Waals surface area (Å²) in [5.74, 6) is 0. The molecule has 0 amide bonds. The summed E-state index contributed by atoms with van der Waals surface area (Å²) in [5, 5.41) is 2.89. The van der Waals surface area contributed by atoms with E-state index in [4.69, 9.17) is 4.74 Å². The molecule has 112 valence electrons. The highest BCUT2D eigenvalue weighted by atomic mass is 19.4. The summed E-state index contributed by atoms with van der Waals surface area (Å²) in [7, 11) is 0. The molecule has 0 radical (unpaired) electrons. The van der Waals surface area contributed by atoms with Gasteiger partial charge in [0.1, 0.15) is 0 Å². The molecule has 0 aliphatic carbocycles. The number of nitrogens with one attached hydrogen (secondary N) is 1. The average Bonchev–Trinajstić information content (AvgIpc) is 2.40. The summed E-state index contributed by atoms with van der Waals surface area (Å²) in [6.07, 6.45) is -4.33. The number of anilines is 1. The van der Waals surface area contributed by atoms with E-state index in [1.54, 1.807) is 13.0 Å². The SMILES string of the molecule is Cc1ccc(NCCN2CCOCC2)c(C(F)(F)F)c1. The molecule has 0 aromatic heterocycles. The van der Waals surface area contributed by atoms with Crippen LogP contribution in [-0.4, -0.2) is 44.3 Å². The topological polar surface area (TPSA) is 24.5 Å². The third-order valence-corrected chi connectivity index (χ3v) is 3.33. The largest absolute Gasteiger partial charge is 0.418 e. The van der Waals surface area contributed by atoms with Crippen LogP contribution in [0.1, 0.15) is 11.1 Å². The van der Waals surface area contributed by atoms with Gasteiger partial charge in [-0.3, -0.25) is 4.90 Å². The van der Waals surface area contributed by atoms with Gasteiger partial charge in [-0.05, 0) is 19.1 Å². The summed E-state index contributed by atoms with van der Waals surface area (Å²) in [6.45, 7) is 5.92. The quantitative estimate of drug-likeness (QED) is 0.922. The number of ether oxygens (including phenoxy) is 1. The van der Waals surface area contributed by atoms with Crippen molar-refractivity contribution >= 4 is 5.69 Å². The van der Waals surface area contributed by atoms with Crippen LogP contribution in [0.3, 0.4) is 0 Å². The van der Waals surface area contributed by atoms with Crippen molar-refractivity contribution in [3.05, 3.63) is 29.3 Å². The maximum absolute atomic E-state index is 12.9. The molecule has 3 nitrogen and oxygen atoms in total. The second-order valence-electron chi connectivity index (χ2n) is 4.93. The molecule has 20 heavy (non-hydrogen) atoms. The molecular formula is C14H19F3N2O. The van der Waals surface area contributed by atoms with E-state index in [1.165, 1.54) is 12.1 Å². The van der Waals surface area contributed by atoms with Gasteiger partial charge in [0.2, 0.25) is 0 Å². The molecule has 1 saturated heterocycles. The van der Waals surface area contributed by atoms with Crippen molar-refractivity contribution in [1.29, 1.82) is 0 Å². The molecule has 1 aliphatic heterocycles. The molecular weight excluding hydrogens is 269 g/mol. The van der Waals surface area contributed by atoms with Crippen LogP contribution in [-0.2, 0) is 10.9 Å². The standard InChI is InChI=1S/C14H19F3N2O/c1-11-2-3-13(12(10-11)14(15,16)17)18-4-5-19-6-8-20-9-7-19/h2-3,10,18H,4-9H2,1H3. The molecule has 6 heteroatoms. The Hall–Kier alpha value is -1.27. The van der Waals surface area contributed by atoms with Crippen molar-refractivity contribution in [2.45, 2.75) is 13.1 Å². The number of halogens is 3. The molecule has 1 aromatic carbocycles. The zero-order valence-corrected chi connectivity index (χ0v) is 11.5. The lowest BCUT2D eigenvalue weighted by Crippen LogP contribution is -2.39. The van der Waals surface area contributed by atoms with Gasteiger partial charge in [0.25, 0.3) is 0 Å². The number of rotatable bonds is 4. The van der Waals surface area contributed by atoms with Gasteiger partial charge in [-0.1, -0.05) is 11.6 Å². The second-order valence-corrected chi connectivity index (χ2v) is 4.93. The molecule has 1 N–H and O–H groups in total. The molecule has 1 heterocycles. The van der Waals surface area contributed by atoms with Crippen LogP contribution in [0.2, 0.25) is 0 Å². The summed E-state index contributed by atoms with van der Waals surface area (Å²) >= 11 is 0. The Morgan fingerprint density at radius 3 is 2.60 bits per heavy atom. The summed E-state index contributed by atoms with van der Waals surface area (Å²) in [6, 6.07) is 4.36. The minimum absolute atomic E-state index is 0.149. The number of hydrogen-bond acceptors (Lipinski definition) is 3. The van der Waals surface area contributed by atoms with E-state index in [0.29, 0.717) is 31.9 Å². The molecule has 1 fully saturated rings. The van der Waals surface area contributed by atoms with Gasteiger partial charge in [0.15, 0.2) is 0 Å². The van der Waals surface area contributed by atoms with Gasteiger partial charge in [-0.2, -0.15) is 13.2 Å². The number of nitrogens with zero attached hydrogens (tertiary/aromatic N) is 1. The van der Waals surface area contributed by atoms with Gasteiger partial charge in [0, 0.05) is 31.9 Å². The first-order valence-electron chi connectivity index (χ1n) is 6.68. The zero-order chi connectivity index (χ0) is 14.6. The first-order valence-corrected chi connectivity index (χ1v) is 6.68. The van der Waals surface area contributed by atoms with E-state index >= 15 is 0 Å². The van der Waals surface area contributed by atoms with Crippen LogP contribution in [0.5, 0.6) is 0 Å². The van der Waals surface area contributed by atoms with Crippen LogP contribution < -0.4 is 5.32 Å². The van der Waals surface area contributed by atoms with E-state index in [-0.39, 0.29) is 5.69 Å². The number of benzene rings is 1. The number of aryl methyl sites for hydroxylation is 1. The fourth-order valence-corrected chi connectivity index (χ4v) is 2.22. The van der Waals surface area contributed by atoms with E-state index in [1.807, 2.05) is 0 Å². The Kier molecular flexibility index (Phi) is 4.88. The zero-order valence-electron chi connectivity index (χ0n) is 11.5. The molecule has 0 unspecified atom stereocenters. The lowest BCUT2D eigenvalue weighted by atomic mass is 10.1. The van der Waals surface area contributed by atoms with Gasteiger partial charge in [-0.15, -0.1) is 0 Å². The highest BCUT2D eigenvalue weighted by Crippen LogP contribution is 2.35. The molecule has 0 bridgehead atoms. The average molecular weight is 288 g/mol. The van der Waals surface area contributed by atoms with Gasteiger partial charge >= 0.3 is 6.18 Å². The first kappa shape index (κ1) is 15.1. The van der Waals surface area contributed by atoms with Crippen LogP contribution in [0.25, 0.3) is 0 Å². The fourth-order valence-electron chi connectivity index (χ4n) is 2.22. The van der Waals surface area contributed by atoms with Gasteiger partial charge < -0.3 is 10.1 Å². The number of hydrogen-bond donors (Lipinski definition) is 1. The molecule has 1 aromatic rings. The molecule has 0 atom stereocenters. The third kappa shape index (κ3) is 4.11. The van der Waals surface area contributed by atoms with Crippen molar-refractivity contribution in [3.8, 4) is 0 Å². The smallest absolute Gasteiger partial charge is 0.383 e. The Labute approximate surface area is 116 Å². The highest BCUT2D eigenvalue weighted by molar-refractivity contribution is 5.54. The number of morpholine rings is 1. The number of alkyl halides is 3. The minimum atomic E-state index is -4.33. The van der Waals surface area contributed by atoms with E-state index < -0.39 is 11.7 Å². The maximum Gasteiger partial charge on any atom is 0.418 e. The fraction of sp³-hybridized carbons (Fsp3) is 0.571. The Morgan fingerprint density at radius 2 is 1.95 bits per heavy atom. The molecule has 1 aliphatic rings. The second kappa shape index (κ2) is 6.45. The van der Waals surface area contributed by atoms with Gasteiger partial charge in [0.05, 0.1) is 18.8 Å². The van der Waals surface area contributed by atoms with E-state index in [9.17, 15) is 13.2 Å². The van der Waals surface area contributed by atoms with E-state index in [2.05, 4.69) is 10.2 Å². The summed E-state index contributed by atoms with van der Waals surface area (Å²) in [5.41, 5.74) is 0.159. The lowest BCUT2D eigenvalue weighted by Gasteiger charge is -2.27. The van der Waals surface area contributed by atoms with Crippen LogP contribution in [0, 0.1) is 6.92 Å². The Balaban J connectivity index is 1.95. The highest BCUT2D eigenvalue weighted by Gasteiger charge is 2.33. The summed E-state index contributed by atoms with van der Waals surface area (Å²) < 4.78 is 44.1. The predicted molar refractivity (Wildman–Crippen MR) is 71.9 cm³/mol. The monoisotopic (exact) mass is 288 g/mol. The molecule has 2 rings (SSSR count). The minimum Gasteiger partial charge on any atom is -0.383 e. The maximum atomic E-state index is 12.9. The van der Waals surface area contributed by atoms with Crippen LogP contribution in [0.15, 0.2) is 18.2 Å². The van der Waals surface area contributed by atoms with Crippen molar-refractivity contribution < 1.29 is 17.9 Å². The van der Waals surface area contributed by atoms with Crippen LogP contribution in [0.4, 0.5) is 18.9 Å².